The number of rotatable bonds is 8. The van der Waals surface area contributed by atoms with Crippen molar-refractivity contribution in [2.24, 2.45) is 4.99 Å². The highest BCUT2D eigenvalue weighted by molar-refractivity contribution is 5.80. The third-order valence-corrected chi connectivity index (χ3v) is 5.72. The molecule has 2 rings (SSSR count). The number of hydrogen-bond donors (Lipinski definition) is 2. The van der Waals surface area contributed by atoms with Crippen molar-refractivity contribution in [2.75, 3.05) is 45.8 Å². The number of hydrogen-bond acceptors (Lipinski definition) is 3. The molecule has 5 heteroatoms. The number of unbranched alkanes of at least 4 members (excludes halogenated alkanes) is 1. The third kappa shape index (κ3) is 7.14. The average molecular weight is 352 g/mol. The van der Waals surface area contributed by atoms with Crippen molar-refractivity contribution < 1.29 is 0 Å². The second-order valence-electron chi connectivity index (χ2n) is 7.61. The van der Waals surface area contributed by atoms with Crippen LogP contribution in [0, 0.1) is 0 Å². The van der Waals surface area contributed by atoms with E-state index in [4.69, 9.17) is 4.99 Å². The van der Waals surface area contributed by atoms with Crippen molar-refractivity contribution in [2.45, 2.75) is 77.8 Å². The number of aliphatic imine (C=N–C) groups is 1. The molecule has 2 aliphatic rings. The standard InChI is InChI=1S/C20H41N5/c1-4-7-13-24-15-11-18(12-16-24)23-20(21-5-2)22-17-19-10-8-9-14-25(19)6-3/h18-19H,4-17H2,1-3H3,(H2,21,22,23). The molecule has 2 N–H and O–H groups in total. The van der Waals surface area contributed by atoms with Crippen LogP contribution in [0.2, 0.25) is 0 Å². The van der Waals surface area contributed by atoms with Crippen molar-refractivity contribution in [1.29, 1.82) is 0 Å². The average Bonchev–Trinajstić information content (AvgIpc) is 2.66. The highest BCUT2D eigenvalue weighted by Gasteiger charge is 2.22. The van der Waals surface area contributed by atoms with Crippen LogP contribution < -0.4 is 10.6 Å². The molecule has 0 amide bonds. The van der Waals surface area contributed by atoms with Gasteiger partial charge in [-0.25, -0.2) is 0 Å². The Morgan fingerprint density at radius 2 is 1.84 bits per heavy atom. The van der Waals surface area contributed by atoms with E-state index in [1.54, 1.807) is 0 Å². The Balaban J connectivity index is 1.79. The fourth-order valence-electron chi connectivity index (χ4n) is 4.08. The first-order valence-corrected chi connectivity index (χ1v) is 10.8. The van der Waals surface area contributed by atoms with Crippen molar-refractivity contribution in [1.82, 2.24) is 20.4 Å². The van der Waals surface area contributed by atoms with Crippen LogP contribution in [0.1, 0.15) is 65.7 Å². The molecule has 0 bridgehead atoms. The number of likely N-dealkylation sites (N-methyl/N-ethyl adjacent to an activating group) is 1. The second kappa shape index (κ2) is 11.7. The van der Waals surface area contributed by atoms with E-state index in [0.29, 0.717) is 12.1 Å². The number of piperidine rings is 2. The van der Waals surface area contributed by atoms with Gasteiger partial charge < -0.3 is 15.5 Å². The molecule has 0 aromatic heterocycles. The Morgan fingerprint density at radius 3 is 2.52 bits per heavy atom. The maximum Gasteiger partial charge on any atom is 0.191 e. The van der Waals surface area contributed by atoms with Gasteiger partial charge in [0.25, 0.3) is 0 Å². The van der Waals surface area contributed by atoms with Gasteiger partial charge in [0.2, 0.25) is 0 Å². The van der Waals surface area contributed by atoms with Gasteiger partial charge in [-0.1, -0.05) is 26.7 Å². The van der Waals surface area contributed by atoms with E-state index in [2.05, 4.69) is 41.2 Å². The van der Waals surface area contributed by atoms with E-state index in [0.717, 1.165) is 25.6 Å². The molecule has 0 aromatic rings. The Bertz CT molecular complexity index is 376. The zero-order valence-corrected chi connectivity index (χ0v) is 16.9. The molecule has 0 aromatic carbocycles. The molecule has 2 aliphatic heterocycles. The largest absolute Gasteiger partial charge is 0.357 e. The summed E-state index contributed by atoms with van der Waals surface area (Å²) in [6.07, 6.45) is 9.10. The summed E-state index contributed by atoms with van der Waals surface area (Å²) in [7, 11) is 0. The van der Waals surface area contributed by atoms with Crippen LogP contribution in [-0.4, -0.2) is 73.7 Å². The van der Waals surface area contributed by atoms with E-state index in [9.17, 15) is 0 Å². The molecule has 1 atom stereocenters. The van der Waals surface area contributed by atoms with Crippen molar-refractivity contribution in [3.05, 3.63) is 0 Å². The monoisotopic (exact) mass is 351 g/mol. The summed E-state index contributed by atoms with van der Waals surface area (Å²) in [6, 6.07) is 1.20. The predicted octanol–water partition coefficient (Wildman–Crippen LogP) is 2.68. The van der Waals surface area contributed by atoms with E-state index in [1.807, 2.05) is 0 Å². The van der Waals surface area contributed by atoms with Gasteiger partial charge in [0.05, 0.1) is 6.54 Å². The van der Waals surface area contributed by atoms with Crippen LogP contribution in [-0.2, 0) is 0 Å². The quantitative estimate of drug-likeness (QED) is 0.521. The lowest BCUT2D eigenvalue weighted by atomic mass is 10.0. The summed E-state index contributed by atoms with van der Waals surface area (Å²) in [4.78, 5) is 10.2. The summed E-state index contributed by atoms with van der Waals surface area (Å²) in [6.45, 7) is 14.7. The van der Waals surface area contributed by atoms with E-state index < -0.39 is 0 Å². The summed E-state index contributed by atoms with van der Waals surface area (Å²) in [5.74, 6) is 1.02. The van der Waals surface area contributed by atoms with Gasteiger partial charge in [-0.2, -0.15) is 0 Å². The normalized spacial score (nSPS) is 24.4. The zero-order chi connectivity index (χ0) is 17.9. The van der Waals surface area contributed by atoms with Crippen molar-refractivity contribution >= 4 is 5.96 Å². The van der Waals surface area contributed by atoms with Gasteiger partial charge in [0.1, 0.15) is 0 Å². The Morgan fingerprint density at radius 1 is 1.04 bits per heavy atom. The fourth-order valence-corrected chi connectivity index (χ4v) is 4.08. The highest BCUT2D eigenvalue weighted by atomic mass is 15.2. The van der Waals surface area contributed by atoms with Crippen molar-refractivity contribution in [3.63, 3.8) is 0 Å². The van der Waals surface area contributed by atoms with Gasteiger partial charge in [-0.05, 0) is 58.7 Å². The minimum atomic E-state index is 0.573. The van der Waals surface area contributed by atoms with E-state index in [-0.39, 0.29) is 0 Å². The van der Waals surface area contributed by atoms with Crippen LogP contribution in [0.25, 0.3) is 0 Å². The molecule has 0 saturated carbocycles. The smallest absolute Gasteiger partial charge is 0.191 e. The molecule has 2 heterocycles. The minimum absolute atomic E-state index is 0.573. The van der Waals surface area contributed by atoms with Gasteiger partial charge in [-0.3, -0.25) is 9.89 Å². The number of nitrogens with zero attached hydrogens (tertiary/aromatic N) is 3. The summed E-state index contributed by atoms with van der Waals surface area (Å²) < 4.78 is 0. The topological polar surface area (TPSA) is 42.9 Å². The van der Waals surface area contributed by atoms with E-state index in [1.165, 1.54) is 71.1 Å². The molecule has 0 aliphatic carbocycles. The van der Waals surface area contributed by atoms with Crippen LogP contribution in [0.15, 0.2) is 4.99 Å². The van der Waals surface area contributed by atoms with Gasteiger partial charge in [-0.15, -0.1) is 0 Å². The molecular weight excluding hydrogens is 310 g/mol. The highest BCUT2D eigenvalue weighted by Crippen LogP contribution is 2.17. The van der Waals surface area contributed by atoms with Crippen LogP contribution in [0.5, 0.6) is 0 Å². The first-order valence-electron chi connectivity index (χ1n) is 10.8. The number of likely N-dealkylation sites (tertiary alicyclic amines) is 2. The minimum Gasteiger partial charge on any atom is -0.357 e. The van der Waals surface area contributed by atoms with Crippen LogP contribution in [0.4, 0.5) is 0 Å². The van der Waals surface area contributed by atoms with Gasteiger partial charge >= 0.3 is 0 Å². The third-order valence-electron chi connectivity index (χ3n) is 5.72. The maximum absolute atomic E-state index is 4.94. The molecular formula is C20H41N5. The van der Waals surface area contributed by atoms with Crippen LogP contribution in [0.3, 0.4) is 0 Å². The molecule has 1 unspecified atom stereocenters. The number of nitrogens with one attached hydrogen (secondary N) is 2. The van der Waals surface area contributed by atoms with Gasteiger partial charge in [0, 0.05) is 31.7 Å². The first kappa shape index (κ1) is 20.5. The molecule has 2 fully saturated rings. The van der Waals surface area contributed by atoms with Crippen LogP contribution >= 0.6 is 0 Å². The summed E-state index contributed by atoms with van der Waals surface area (Å²) >= 11 is 0. The lowest BCUT2D eigenvalue weighted by Gasteiger charge is -2.35. The molecule has 0 spiro atoms. The van der Waals surface area contributed by atoms with E-state index >= 15 is 0 Å². The molecule has 25 heavy (non-hydrogen) atoms. The Hall–Kier alpha value is -0.810. The first-order chi connectivity index (χ1) is 12.3. The Labute approximate surface area is 155 Å². The molecule has 5 nitrogen and oxygen atoms in total. The lowest BCUT2D eigenvalue weighted by molar-refractivity contribution is 0.161. The predicted molar refractivity (Wildman–Crippen MR) is 108 cm³/mol. The zero-order valence-electron chi connectivity index (χ0n) is 16.9. The fraction of sp³-hybridized carbons (Fsp3) is 0.950. The second-order valence-corrected chi connectivity index (χ2v) is 7.61. The summed E-state index contributed by atoms with van der Waals surface area (Å²) in [5.41, 5.74) is 0. The molecule has 146 valence electrons. The lowest BCUT2D eigenvalue weighted by Crippen LogP contribution is -2.49. The molecule has 2 saturated heterocycles. The molecule has 0 radical (unpaired) electrons. The Kier molecular flexibility index (Phi) is 9.63. The number of guanidine groups is 1. The van der Waals surface area contributed by atoms with Crippen molar-refractivity contribution in [3.8, 4) is 0 Å². The summed E-state index contributed by atoms with van der Waals surface area (Å²) in [5, 5.41) is 7.15. The maximum atomic E-state index is 4.94. The van der Waals surface area contributed by atoms with Gasteiger partial charge in [0.15, 0.2) is 5.96 Å². The SMILES string of the molecule is CCCCN1CCC(NC(=NCC2CCCCN2CC)NCC)CC1.